The average Bonchev–Trinajstić information content (AvgIpc) is 3.14. The van der Waals surface area contributed by atoms with E-state index in [1.165, 1.54) is 11.8 Å². The molecular formula is C26H22N4O4S. The predicted octanol–water partition coefficient (Wildman–Crippen LogP) is 5.99. The van der Waals surface area contributed by atoms with Gasteiger partial charge in [0.2, 0.25) is 0 Å². The molecule has 4 aromatic rings. The fourth-order valence-electron chi connectivity index (χ4n) is 4.48. The third-order valence-corrected chi connectivity index (χ3v) is 7.27. The largest absolute Gasteiger partial charge is 0.478 e. The second-order valence-electron chi connectivity index (χ2n) is 8.42. The molecule has 0 bridgehead atoms. The zero-order valence-electron chi connectivity index (χ0n) is 19.0. The van der Waals surface area contributed by atoms with Gasteiger partial charge >= 0.3 is 5.97 Å². The first kappa shape index (κ1) is 22.8. The minimum Gasteiger partial charge on any atom is -0.478 e. The zero-order valence-corrected chi connectivity index (χ0v) is 19.8. The van der Waals surface area contributed by atoms with Gasteiger partial charge in [-0.2, -0.15) is 0 Å². The molecular weight excluding hydrogens is 464 g/mol. The number of carboxylic acid groups (broad SMARTS) is 1. The first-order valence-electron chi connectivity index (χ1n) is 11.2. The summed E-state index contributed by atoms with van der Waals surface area (Å²) in [6, 6.07) is 12.4. The number of imidazole rings is 1. The summed E-state index contributed by atoms with van der Waals surface area (Å²) < 4.78 is 1.81. The molecule has 8 nitrogen and oxygen atoms in total. The van der Waals surface area contributed by atoms with E-state index in [1.54, 1.807) is 30.6 Å². The lowest BCUT2D eigenvalue weighted by Gasteiger charge is -2.14. The molecule has 0 saturated heterocycles. The van der Waals surface area contributed by atoms with Crippen molar-refractivity contribution in [2.24, 2.45) is 7.05 Å². The Bertz CT molecular complexity index is 1510. The second-order valence-corrected chi connectivity index (χ2v) is 9.43. The van der Waals surface area contributed by atoms with Gasteiger partial charge in [-0.3, -0.25) is 10.1 Å². The van der Waals surface area contributed by atoms with Crippen LogP contribution >= 0.6 is 11.8 Å². The van der Waals surface area contributed by atoms with Gasteiger partial charge in [-0.15, -0.1) is 0 Å². The van der Waals surface area contributed by atoms with Crippen LogP contribution < -0.4 is 0 Å². The summed E-state index contributed by atoms with van der Waals surface area (Å²) in [6.45, 7) is 0. The first-order valence-corrected chi connectivity index (χ1v) is 12.0. The number of nitrogens with zero attached hydrogens (tertiary/aromatic N) is 4. The Hall–Kier alpha value is -3.98. The molecule has 5 rings (SSSR count). The highest BCUT2D eigenvalue weighted by Crippen LogP contribution is 2.38. The highest BCUT2D eigenvalue weighted by Gasteiger charge is 2.24. The predicted molar refractivity (Wildman–Crippen MR) is 135 cm³/mol. The van der Waals surface area contributed by atoms with Crippen molar-refractivity contribution in [3.05, 3.63) is 87.4 Å². The van der Waals surface area contributed by atoms with Crippen molar-refractivity contribution >= 4 is 46.0 Å². The topological polar surface area (TPSA) is 111 Å². The number of carboxylic acids is 1. The first-order chi connectivity index (χ1) is 16.9. The molecule has 1 aliphatic rings. The molecule has 2 aromatic carbocycles. The van der Waals surface area contributed by atoms with Crippen molar-refractivity contribution in [1.29, 1.82) is 0 Å². The number of hydrogen-bond donors (Lipinski definition) is 1. The molecule has 0 aliphatic heterocycles. The van der Waals surface area contributed by atoms with Crippen molar-refractivity contribution in [3.63, 3.8) is 0 Å². The van der Waals surface area contributed by atoms with Crippen LogP contribution in [0.3, 0.4) is 0 Å². The van der Waals surface area contributed by atoms with Gasteiger partial charge in [0.15, 0.2) is 5.16 Å². The fraction of sp³-hybridized carbons (Fsp3) is 0.192. The molecule has 0 unspecified atom stereocenters. The third kappa shape index (κ3) is 4.42. The number of allylic oxidation sites excluding steroid dienone is 1. The van der Waals surface area contributed by atoms with Crippen LogP contribution in [0.15, 0.2) is 64.9 Å². The third-order valence-electron chi connectivity index (χ3n) is 6.13. The number of pyridine rings is 1. The van der Waals surface area contributed by atoms with Crippen LogP contribution in [0.25, 0.3) is 22.6 Å². The molecule has 1 aliphatic carbocycles. The molecule has 0 atom stereocenters. The maximum Gasteiger partial charge on any atom is 0.336 e. The average molecular weight is 487 g/mol. The summed E-state index contributed by atoms with van der Waals surface area (Å²) in [6.07, 6.45) is 8.42. The van der Waals surface area contributed by atoms with E-state index in [9.17, 15) is 20.0 Å². The molecule has 0 spiro atoms. The minimum absolute atomic E-state index is 0.00103. The highest BCUT2D eigenvalue weighted by atomic mass is 32.2. The molecule has 0 fully saturated rings. The van der Waals surface area contributed by atoms with Gasteiger partial charge in [-0.1, -0.05) is 24.3 Å². The SMILES string of the molecule is Cn1ccnc1Sc1ccc(C=C2CCCCc3c2nc2ccccc2c3C(=O)O)cc1[N+](=O)[O-]. The number of fused-ring (bicyclic) bond motifs is 2. The van der Waals surface area contributed by atoms with Crippen LogP contribution in [0.1, 0.15) is 46.4 Å². The Morgan fingerprint density at radius 3 is 2.74 bits per heavy atom. The van der Waals surface area contributed by atoms with Crippen LogP contribution in [0, 0.1) is 10.1 Å². The van der Waals surface area contributed by atoms with Gasteiger partial charge < -0.3 is 9.67 Å². The number of aromatic carboxylic acids is 1. The molecule has 176 valence electrons. The van der Waals surface area contributed by atoms with Crippen LogP contribution in [0.4, 0.5) is 5.69 Å². The van der Waals surface area contributed by atoms with E-state index in [-0.39, 0.29) is 10.6 Å². The highest BCUT2D eigenvalue weighted by molar-refractivity contribution is 7.99. The number of nitro benzene ring substituents is 1. The fourth-order valence-corrected chi connectivity index (χ4v) is 5.37. The van der Waals surface area contributed by atoms with Crippen molar-refractivity contribution < 1.29 is 14.8 Å². The van der Waals surface area contributed by atoms with E-state index in [0.29, 0.717) is 44.2 Å². The summed E-state index contributed by atoms with van der Waals surface area (Å²) in [7, 11) is 1.84. The zero-order chi connectivity index (χ0) is 24.5. The Morgan fingerprint density at radius 2 is 2.00 bits per heavy atom. The molecule has 35 heavy (non-hydrogen) atoms. The van der Waals surface area contributed by atoms with E-state index >= 15 is 0 Å². The second kappa shape index (κ2) is 9.34. The number of hydrogen-bond acceptors (Lipinski definition) is 6. The van der Waals surface area contributed by atoms with Crippen molar-refractivity contribution in [2.75, 3.05) is 0 Å². The molecule has 2 aromatic heterocycles. The van der Waals surface area contributed by atoms with E-state index in [4.69, 9.17) is 4.98 Å². The van der Waals surface area contributed by atoms with Crippen molar-refractivity contribution in [2.45, 2.75) is 35.7 Å². The molecule has 0 radical (unpaired) electrons. The quantitative estimate of drug-likeness (QED) is 0.209. The summed E-state index contributed by atoms with van der Waals surface area (Å²) in [5, 5.41) is 23.2. The van der Waals surface area contributed by atoms with E-state index in [2.05, 4.69) is 4.98 Å². The van der Waals surface area contributed by atoms with Crippen molar-refractivity contribution in [1.82, 2.24) is 14.5 Å². The van der Waals surface area contributed by atoms with Crippen LogP contribution in [-0.4, -0.2) is 30.5 Å². The lowest BCUT2D eigenvalue weighted by Crippen LogP contribution is -2.08. The van der Waals surface area contributed by atoms with Gasteiger partial charge in [-0.25, -0.2) is 14.8 Å². The van der Waals surface area contributed by atoms with Gasteiger partial charge in [0.1, 0.15) is 0 Å². The van der Waals surface area contributed by atoms with E-state index in [1.807, 2.05) is 42.0 Å². The Morgan fingerprint density at radius 1 is 1.20 bits per heavy atom. The number of para-hydroxylation sites is 1. The normalized spacial score (nSPS) is 14.6. The van der Waals surface area contributed by atoms with Gasteiger partial charge in [-0.05, 0) is 72.4 Å². The Kier molecular flexibility index (Phi) is 6.08. The number of rotatable bonds is 5. The smallest absolute Gasteiger partial charge is 0.336 e. The monoisotopic (exact) mass is 486 g/mol. The van der Waals surface area contributed by atoms with E-state index in [0.717, 1.165) is 30.4 Å². The Balaban J connectivity index is 1.62. The summed E-state index contributed by atoms with van der Waals surface area (Å²) in [5.74, 6) is -0.965. The molecule has 0 saturated carbocycles. The van der Waals surface area contributed by atoms with Crippen LogP contribution in [0.2, 0.25) is 0 Å². The number of aryl methyl sites for hydroxylation is 1. The van der Waals surface area contributed by atoms with Gasteiger partial charge in [0, 0.05) is 30.9 Å². The molecule has 9 heteroatoms. The number of benzene rings is 2. The molecule has 0 amide bonds. The van der Waals surface area contributed by atoms with Crippen LogP contribution in [-0.2, 0) is 13.5 Å². The lowest BCUT2D eigenvalue weighted by atomic mass is 9.94. The summed E-state index contributed by atoms with van der Waals surface area (Å²) >= 11 is 1.24. The standard InChI is InChI=1S/C26H22N4O4S/c1-29-13-12-27-26(29)35-22-11-10-16(15-21(22)30(33)34)14-17-6-2-3-8-19-23(25(31)32)18-7-4-5-9-20(18)28-24(17)19/h4-5,7,9-15H,2-3,6,8H2,1H3,(H,31,32). The summed E-state index contributed by atoms with van der Waals surface area (Å²) in [5.41, 5.74) is 3.90. The summed E-state index contributed by atoms with van der Waals surface area (Å²) in [4.78, 5) is 33.3. The Labute approximate surface area is 205 Å². The van der Waals surface area contributed by atoms with Gasteiger partial charge in [0.25, 0.3) is 5.69 Å². The number of aromatic nitrogens is 3. The molecule has 1 N–H and O–H groups in total. The molecule has 2 heterocycles. The number of carbonyl (C=O) groups is 1. The van der Waals surface area contributed by atoms with Crippen LogP contribution in [0.5, 0.6) is 0 Å². The maximum atomic E-state index is 12.2. The van der Waals surface area contributed by atoms with E-state index < -0.39 is 5.97 Å². The number of nitro groups is 1. The maximum absolute atomic E-state index is 12.2. The lowest BCUT2D eigenvalue weighted by molar-refractivity contribution is -0.387. The minimum atomic E-state index is -0.965. The van der Waals surface area contributed by atoms with Crippen molar-refractivity contribution in [3.8, 4) is 0 Å². The van der Waals surface area contributed by atoms with Gasteiger partial charge in [0.05, 0.1) is 26.6 Å².